The zero-order chi connectivity index (χ0) is 9.64. The van der Waals surface area contributed by atoms with Gasteiger partial charge in [-0.05, 0) is 41.9 Å². The van der Waals surface area contributed by atoms with E-state index >= 15 is 0 Å². The second kappa shape index (κ2) is 3.00. The van der Waals surface area contributed by atoms with Crippen LogP contribution in [-0.4, -0.2) is 0 Å². The third-order valence-corrected chi connectivity index (χ3v) is 4.93. The Labute approximate surface area is 83.1 Å². The molecule has 2 fully saturated rings. The molecule has 0 saturated heterocycles. The molecular formula is C13H24. The highest BCUT2D eigenvalue weighted by Gasteiger charge is 2.64. The van der Waals surface area contributed by atoms with E-state index in [1.165, 1.54) is 25.7 Å². The molecule has 2 aliphatic rings. The Morgan fingerprint density at radius 1 is 1.31 bits per heavy atom. The lowest BCUT2D eigenvalue weighted by molar-refractivity contribution is 0.405. The van der Waals surface area contributed by atoms with Crippen LogP contribution in [0, 0.1) is 29.1 Å². The largest absolute Gasteiger partial charge is 0.0654 e. The standard InChI is InChI=1S/C13H24/c1-5-6-7-13(4)10(3)12(13)11-8-9(11)2/h9-12H,5-8H2,1-4H3. The molecule has 0 heteroatoms. The Kier molecular flexibility index (Phi) is 2.20. The van der Waals surface area contributed by atoms with Crippen molar-refractivity contribution in [1.29, 1.82) is 0 Å². The molecule has 0 heterocycles. The summed E-state index contributed by atoms with van der Waals surface area (Å²) in [5, 5.41) is 0. The van der Waals surface area contributed by atoms with Crippen LogP contribution in [0.3, 0.4) is 0 Å². The van der Waals surface area contributed by atoms with Gasteiger partial charge in [0, 0.05) is 0 Å². The summed E-state index contributed by atoms with van der Waals surface area (Å²) < 4.78 is 0. The summed E-state index contributed by atoms with van der Waals surface area (Å²) in [6.45, 7) is 9.75. The van der Waals surface area contributed by atoms with Crippen molar-refractivity contribution < 1.29 is 0 Å². The third-order valence-electron chi connectivity index (χ3n) is 4.93. The molecular weight excluding hydrogens is 156 g/mol. The first-order valence-electron chi connectivity index (χ1n) is 6.11. The maximum atomic E-state index is 2.53. The van der Waals surface area contributed by atoms with E-state index in [2.05, 4.69) is 27.7 Å². The van der Waals surface area contributed by atoms with Gasteiger partial charge in [0.1, 0.15) is 0 Å². The normalized spacial score (nSPS) is 53.5. The lowest BCUT2D eigenvalue weighted by atomic mass is 9.95. The molecule has 0 aromatic carbocycles. The highest BCUT2D eigenvalue weighted by atomic mass is 14.7. The zero-order valence-electron chi connectivity index (χ0n) is 9.64. The fraction of sp³-hybridized carbons (Fsp3) is 1.00. The van der Waals surface area contributed by atoms with E-state index in [9.17, 15) is 0 Å². The van der Waals surface area contributed by atoms with Crippen LogP contribution in [0.2, 0.25) is 0 Å². The molecule has 0 bridgehead atoms. The quantitative estimate of drug-likeness (QED) is 0.611. The van der Waals surface area contributed by atoms with Crippen LogP contribution in [0.1, 0.15) is 53.4 Å². The Hall–Kier alpha value is 0. The van der Waals surface area contributed by atoms with Crippen molar-refractivity contribution >= 4 is 0 Å². The number of rotatable bonds is 4. The molecule has 0 aromatic heterocycles. The van der Waals surface area contributed by atoms with Crippen molar-refractivity contribution in [3.63, 3.8) is 0 Å². The average Bonchev–Trinajstić information content (AvgIpc) is 2.91. The molecule has 0 N–H and O–H groups in total. The van der Waals surface area contributed by atoms with Crippen LogP contribution in [0.5, 0.6) is 0 Å². The SMILES string of the molecule is CCCCC1(C)C(C)C1C1CC1C. The van der Waals surface area contributed by atoms with Crippen LogP contribution in [0.15, 0.2) is 0 Å². The van der Waals surface area contributed by atoms with Crippen molar-refractivity contribution in [2.45, 2.75) is 53.4 Å². The summed E-state index contributed by atoms with van der Waals surface area (Å²) in [7, 11) is 0. The van der Waals surface area contributed by atoms with Gasteiger partial charge in [0.2, 0.25) is 0 Å². The summed E-state index contributed by atoms with van der Waals surface area (Å²) in [5.41, 5.74) is 0.742. The van der Waals surface area contributed by atoms with Crippen LogP contribution in [-0.2, 0) is 0 Å². The van der Waals surface area contributed by atoms with E-state index in [-0.39, 0.29) is 0 Å². The van der Waals surface area contributed by atoms with Gasteiger partial charge in [-0.15, -0.1) is 0 Å². The Balaban J connectivity index is 1.87. The van der Waals surface area contributed by atoms with Crippen LogP contribution in [0.25, 0.3) is 0 Å². The highest BCUT2D eigenvalue weighted by molar-refractivity contribution is 5.12. The molecule has 0 aliphatic heterocycles. The minimum Gasteiger partial charge on any atom is -0.0654 e. The van der Waals surface area contributed by atoms with Gasteiger partial charge in [-0.1, -0.05) is 40.5 Å². The van der Waals surface area contributed by atoms with Crippen LogP contribution in [0.4, 0.5) is 0 Å². The monoisotopic (exact) mass is 180 g/mol. The van der Waals surface area contributed by atoms with Crippen molar-refractivity contribution in [3.8, 4) is 0 Å². The Morgan fingerprint density at radius 3 is 2.38 bits per heavy atom. The molecule has 0 radical (unpaired) electrons. The van der Waals surface area contributed by atoms with E-state index in [0.29, 0.717) is 0 Å². The Morgan fingerprint density at radius 2 is 1.92 bits per heavy atom. The average molecular weight is 180 g/mol. The first-order valence-corrected chi connectivity index (χ1v) is 6.11. The van der Waals surface area contributed by atoms with Crippen molar-refractivity contribution in [1.82, 2.24) is 0 Å². The van der Waals surface area contributed by atoms with Gasteiger partial charge in [0.05, 0.1) is 0 Å². The van der Waals surface area contributed by atoms with E-state index in [1.807, 2.05) is 0 Å². The van der Waals surface area contributed by atoms with E-state index in [0.717, 1.165) is 29.1 Å². The molecule has 76 valence electrons. The van der Waals surface area contributed by atoms with Gasteiger partial charge in [0.15, 0.2) is 0 Å². The van der Waals surface area contributed by atoms with E-state index in [1.54, 1.807) is 0 Å². The van der Waals surface area contributed by atoms with Gasteiger partial charge in [-0.25, -0.2) is 0 Å². The van der Waals surface area contributed by atoms with Gasteiger partial charge in [0.25, 0.3) is 0 Å². The zero-order valence-corrected chi connectivity index (χ0v) is 9.64. The lowest BCUT2D eigenvalue weighted by Gasteiger charge is -2.10. The first kappa shape index (κ1) is 9.55. The maximum Gasteiger partial charge on any atom is -0.0263 e. The van der Waals surface area contributed by atoms with E-state index in [4.69, 9.17) is 0 Å². The number of unbranched alkanes of at least 4 members (excludes halogenated alkanes) is 1. The smallest absolute Gasteiger partial charge is 0.0263 e. The summed E-state index contributed by atoms with van der Waals surface area (Å²) >= 11 is 0. The predicted octanol–water partition coefficient (Wildman–Crippen LogP) is 4.10. The summed E-state index contributed by atoms with van der Waals surface area (Å²) in [5.74, 6) is 4.27. The molecule has 0 spiro atoms. The lowest BCUT2D eigenvalue weighted by Crippen LogP contribution is -2.00. The summed E-state index contributed by atoms with van der Waals surface area (Å²) in [4.78, 5) is 0. The molecule has 2 rings (SSSR count). The molecule has 2 saturated carbocycles. The maximum absolute atomic E-state index is 2.53. The second-order valence-corrected chi connectivity index (χ2v) is 5.80. The first-order chi connectivity index (χ1) is 6.11. The van der Waals surface area contributed by atoms with Gasteiger partial charge < -0.3 is 0 Å². The molecule has 0 nitrogen and oxygen atoms in total. The third kappa shape index (κ3) is 1.43. The summed E-state index contributed by atoms with van der Waals surface area (Å²) in [6.07, 6.45) is 5.82. The van der Waals surface area contributed by atoms with Crippen LogP contribution < -0.4 is 0 Å². The predicted molar refractivity (Wildman–Crippen MR) is 57.6 cm³/mol. The Bertz CT molecular complexity index is 196. The minimum atomic E-state index is 0.742. The molecule has 5 unspecified atom stereocenters. The highest BCUT2D eigenvalue weighted by Crippen LogP contribution is 2.70. The molecule has 0 aromatic rings. The minimum absolute atomic E-state index is 0.742. The fourth-order valence-corrected chi connectivity index (χ4v) is 3.50. The van der Waals surface area contributed by atoms with Crippen molar-refractivity contribution in [2.24, 2.45) is 29.1 Å². The second-order valence-electron chi connectivity index (χ2n) is 5.80. The van der Waals surface area contributed by atoms with Gasteiger partial charge >= 0.3 is 0 Å². The van der Waals surface area contributed by atoms with Crippen molar-refractivity contribution in [2.75, 3.05) is 0 Å². The fourth-order valence-electron chi connectivity index (χ4n) is 3.50. The van der Waals surface area contributed by atoms with E-state index < -0.39 is 0 Å². The summed E-state index contributed by atoms with van der Waals surface area (Å²) in [6, 6.07) is 0. The molecule has 2 aliphatic carbocycles. The van der Waals surface area contributed by atoms with Gasteiger partial charge in [-0.2, -0.15) is 0 Å². The molecule has 5 atom stereocenters. The molecule has 0 amide bonds. The van der Waals surface area contributed by atoms with Gasteiger partial charge in [-0.3, -0.25) is 0 Å². The molecule has 13 heavy (non-hydrogen) atoms. The van der Waals surface area contributed by atoms with Crippen molar-refractivity contribution in [3.05, 3.63) is 0 Å². The van der Waals surface area contributed by atoms with Crippen LogP contribution >= 0.6 is 0 Å². The topological polar surface area (TPSA) is 0 Å². The number of hydrogen-bond acceptors (Lipinski definition) is 0. The number of hydrogen-bond donors (Lipinski definition) is 0.